The van der Waals surface area contributed by atoms with Crippen LogP contribution in [-0.4, -0.2) is 20.3 Å². The highest BCUT2D eigenvalue weighted by atomic mass is 19.1. The van der Waals surface area contributed by atoms with Crippen molar-refractivity contribution in [3.05, 3.63) is 47.8 Å². The van der Waals surface area contributed by atoms with E-state index in [4.69, 9.17) is 0 Å². The molecule has 0 radical (unpaired) electrons. The van der Waals surface area contributed by atoms with Crippen LogP contribution in [0.2, 0.25) is 0 Å². The molecule has 2 N–H and O–H groups in total. The van der Waals surface area contributed by atoms with Gasteiger partial charge in [-0.25, -0.2) is 9.37 Å². The van der Waals surface area contributed by atoms with Crippen LogP contribution in [0.5, 0.6) is 0 Å². The van der Waals surface area contributed by atoms with E-state index in [0.29, 0.717) is 11.4 Å². The Labute approximate surface area is 79.4 Å². The molecule has 0 aliphatic heterocycles. The Morgan fingerprint density at radius 1 is 1.29 bits per heavy atom. The fourth-order valence-corrected chi connectivity index (χ4v) is 1.15. The van der Waals surface area contributed by atoms with Gasteiger partial charge in [-0.2, -0.15) is 5.10 Å². The summed E-state index contributed by atoms with van der Waals surface area (Å²) in [6.07, 6.45) is 0.417. The monoisotopic (exact) mass is 193 g/mol. The first kappa shape index (κ1) is 8.83. The minimum Gasteiger partial charge on any atom is -0.380 e. The van der Waals surface area contributed by atoms with Crippen molar-refractivity contribution in [2.75, 3.05) is 0 Å². The van der Waals surface area contributed by atoms with E-state index in [0.717, 1.165) is 0 Å². The molecule has 4 nitrogen and oxygen atoms in total. The first-order chi connectivity index (χ1) is 6.77. The molecule has 0 amide bonds. The van der Waals surface area contributed by atoms with E-state index in [1.54, 1.807) is 0 Å². The van der Waals surface area contributed by atoms with Crippen LogP contribution in [0.25, 0.3) is 0 Å². The number of nitrogens with one attached hydrogen (secondary N) is 1. The molecule has 0 spiro atoms. The highest BCUT2D eigenvalue weighted by molar-refractivity contribution is 5.22. The standard InChI is InChI=1S/C9H8FN3O/c10-7-3-1-6(2-4-7)8(14)9-11-5-12-13-9/h1-5,8,14H,(H,11,12,13). The minimum atomic E-state index is -0.891. The molecule has 0 saturated heterocycles. The summed E-state index contributed by atoms with van der Waals surface area (Å²) in [6, 6.07) is 5.58. The number of hydrogen-bond donors (Lipinski definition) is 2. The molecule has 1 unspecified atom stereocenters. The number of H-pyrrole nitrogens is 1. The Morgan fingerprint density at radius 2 is 2.00 bits per heavy atom. The van der Waals surface area contributed by atoms with E-state index < -0.39 is 6.10 Å². The average Bonchev–Trinajstić information content (AvgIpc) is 2.71. The van der Waals surface area contributed by atoms with Gasteiger partial charge in [0.05, 0.1) is 0 Å². The van der Waals surface area contributed by atoms with Gasteiger partial charge in [0.2, 0.25) is 0 Å². The fourth-order valence-electron chi connectivity index (χ4n) is 1.15. The third-order valence-electron chi connectivity index (χ3n) is 1.88. The average molecular weight is 193 g/mol. The van der Waals surface area contributed by atoms with Crippen LogP contribution in [0.1, 0.15) is 17.5 Å². The molecule has 72 valence electrons. The fraction of sp³-hybridized carbons (Fsp3) is 0.111. The summed E-state index contributed by atoms with van der Waals surface area (Å²) in [5.74, 6) is 0.00938. The van der Waals surface area contributed by atoms with Crippen LogP contribution in [0.15, 0.2) is 30.6 Å². The van der Waals surface area contributed by atoms with E-state index in [1.165, 1.54) is 30.6 Å². The van der Waals surface area contributed by atoms with Crippen molar-refractivity contribution in [1.82, 2.24) is 15.2 Å². The Bertz CT molecular complexity index is 399. The van der Waals surface area contributed by atoms with Crippen molar-refractivity contribution in [3.63, 3.8) is 0 Å². The molecule has 2 rings (SSSR count). The molecule has 0 fully saturated rings. The molecular formula is C9H8FN3O. The lowest BCUT2D eigenvalue weighted by molar-refractivity contribution is 0.210. The van der Waals surface area contributed by atoms with Gasteiger partial charge in [-0.1, -0.05) is 12.1 Å². The SMILES string of the molecule is OC(c1ccc(F)cc1)c1ncn[nH]1. The van der Waals surface area contributed by atoms with Crippen LogP contribution >= 0.6 is 0 Å². The number of rotatable bonds is 2. The second kappa shape index (κ2) is 3.55. The topological polar surface area (TPSA) is 61.8 Å². The molecule has 1 aromatic heterocycles. The van der Waals surface area contributed by atoms with Crippen LogP contribution < -0.4 is 0 Å². The molecule has 14 heavy (non-hydrogen) atoms. The Morgan fingerprint density at radius 3 is 2.57 bits per heavy atom. The van der Waals surface area contributed by atoms with E-state index >= 15 is 0 Å². The highest BCUT2D eigenvalue weighted by Gasteiger charge is 2.12. The van der Waals surface area contributed by atoms with Gasteiger partial charge in [0, 0.05) is 0 Å². The Hall–Kier alpha value is -1.75. The van der Waals surface area contributed by atoms with Crippen LogP contribution in [0.3, 0.4) is 0 Å². The maximum atomic E-state index is 12.6. The molecule has 1 aromatic carbocycles. The second-order valence-electron chi connectivity index (χ2n) is 2.82. The van der Waals surface area contributed by atoms with Crippen molar-refractivity contribution in [2.24, 2.45) is 0 Å². The zero-order valence-electron chi connectivity index (χ0n) is 7.18. The van der Waals surface area contributed by atoms with Gasteiger partial charge >= 0.3 is 0 Å². The molecule has 1 atom stereocenters. The largest absolute Gasteiger partial charge is 0.380 e. The minimum absolute atomic E-state index is 0.335. The van der Waals surface area contributed by atoms with Crippen molar-refractivity contribution in [1.29, 1.82) is 0 Å². The first-order valence-electron chi connectivity index (χ1n) is 4.06. The van der Waals surface area contributed by atoms with Gasteiger partial charge in [-0.15, -0.1) is 0 Å². The molecule has 0 bridgehead atoms. The zero-order valence-corrected chi connectivity index (χ0v) is 7.18. The molecule has 0 saturated carbocycles. The van der Waals surface area contributed by atoms with Gasteiger partial charge in [-0.05, 0) is 17.7 Å². The van der Waals surface area contributed by atoms with Gasteiger partial charge in [0.15, 0.2) is 5.82 Å². The van der Waals surface area contributed by atoms with Crippen LogP contribution in [0.4, 0.5) is 4.39 Å². The Kier molecular flexibility index (Phi) is 2.24. The smallest absolute Gasteiger partial charge is 0.157 e. The molecular weight excluding hydrogens is 185 g/mol. The number of aliphatic hydroxyl groups is 1. The molecule has 1 heterocycles. The van der Waals surface area contributed by atoms with Crippen LogP contribution in [-0.2, 0) is 0 Å². The normalized spacial score (nSPS) is 12.7. The number of halogens is 1. The maximum Gasteiger partial charge on any atom is 0.157 e. The quantitative estimate of drug-likeness (QED) is 0.748. The van der Waals surface area contributed by atoms with Crippen molar-refractivity contribution < 1.29 is 9.50 Å². The summed E-state index contributed by atoms with van der Waals surface area (Å²) >= 11 is 0. The lowest BCUT2D eigenvalue weighted by Gasteiger charge is -2.06. The van der Waals surface area contributed by atoms with Crippen molar-refractivity contribution in [2.45, 2.75) is 6.10 Å². The van der Waals surface area contributed by atoms with Crippen molar-refractivity contribution in [3.8, 4) is 0 Å². The zero-order chi connectivity index (χ0) is 9.97. The molecule has 0 aliphatic rings. The number of nitrogens with zero attached hydrogens (tertiary/aromatic N) is 2. The highest BCUT2D eigenvalue weighted by Crippen LogP contribution is 2.17. The maximum absolute atomic E-state index is 12.6. The third kappa shape index (κ3) is 1.62. The summed E-state index contributed by atoms with van der Waals surface area (Å²) in [7, 11) is 0. The second-order valence-corrected chi connectivity index (χ2v) is 2.82. The number of benzene rings is 1. The summed E-state index contributed by atoms with van der Waals surface area (Å²) < 4.78 is 12.6. The number of aromatic amines is 1. The Balaban J connectivity index is 2.28. The van der Waals surface area contributed by atoms with E-state index in [1.807, 2.05) is 0 Å². The summed E-state index contributed by atoms with van der Waals surface area (Å²) in [6.45, 7) is 0. The lowest BCUT2D eigenvalue weighted by Crippen LogP contribution is -2.01. The van der Waals surface area contributed by atoms with Gasteiger partial charge < -0.3 is 5.11 Å². The lowest BCUT2D eigenvalue weighted by atomic mass is 10.1. The van der Waals surface area contributed by atoms with Gasteiger partial charge in [0.25, 0.3) is 0 Å². The van der Waals surface area contributed by atoms with Gasteiger partial charge in [0.1, 0.15) is 18.2 Å². The summed E-state index contributed by atoms with van der Waals surface area (Å²) in [5.41, 5.74) is 0.572. The summed E-state index contributed by atoms with van der Waals surface area (Å²) in [5, 5.41) is 15.9. The first-order valence-corrected chi connectivity index (χ1v) is 4.06. The molecule has 0 aliphatic carbocycles. The number of hydrogen-bond acceptors (Lipinski definition) is 3. The van der Waals surface area contributed by atoms with Gasteiger partial charge in [-0.3, -0.25) is 5.10 Å². The van der Waals surface area contributed by atoms with Crippen molar-refractivity contribution >= 4 is 0 Å². The number of aromatic nitrogens is 3. The van der Waals surface area contributed by atoms with E-state index in [-0.39, 0.29) is 5.82 Å². The molecule has 5 heteroatoms. The third-order valence-corrected chi connectivity index (χ3v) is 1.88. The number of aliphatic hydroxyl groups excluding tert-OH is 1. The van der Waals surface area contributed by atoms with Crippen LogP contribution in [0, 0.1) is 5.82 Å². The predicted octanol–water partition coefficient (Wildman–Crippen LogP) is 1.03. The van der Waals surface area contributed by atoms with E-state index in [2.05, 4.69) is 15.2 Å². The van der Waals surface area contributed by atoms with E-state index in [9.17, 15) is 9.50 Å². The summed E-state index contributed by atoms with van der Waals surface area (Å²) in [4.78, 5) is 3.80. The predicted molar refractivity (Wildman–Crippen MR) is 46.8 cm³/mol. The molecule has 2 aromatic rings.